The molecule has 0 spiro atoms. The van der Waals surface area contributed by atoms with Crippen molar-refractivity contribution in [1.82, 2.24) is 4.90 Å². The fourth-order valence-electron chi connectivity index (χ4n) is 4.15. The first kappa shape index (κ1) is 23.5. The number of fused-ring (bicyclic) bond motifs is 1. The highest BCUT2D eigenvalue weighted by Gasteiger charge is 2.38. The Balaban J connectivity index is 1.55. The highest BCUT2D eigenvalue weighted by Crippen LogP contribution is 2.32. The van der Waals surface area contributed by atoms with Crippen molar-refractivity contribution in [3.63, 3.8) is 0 Å². The van der Waals surface area contributed by atoms with Crippen molar-refractivity contribution < 1.29 is 22.7 Å². The second kappa shape index (κ2) is 9.30. The van der Waals surface area contributed by atoms with Crippen molar-refractivity contribution >= 4 is 27.6 Å². The summed E-state index contributed by atoms with van der Waals surface area (Å²) in [6.45, 7) is 4.13. The molecule has 1 aliphatic rings. The Morgan fingerprint density at radius 2 is 1.62 bits per heavy atom. The van der Waals surface area contributed by atoms with Crippen LogP contribution in [-0.4, -0.2) is 38.3 Å². The minimum absolute atomic E-state index is 0.0857. The van der Waals surface area contributed by atoms with Gasteiger partial charge in [0.25, 0.3) is 15.9 Å². The molecule has 1 N–H and O–H groups in total. The average Bonchev–Trinajstić information content (AvgIpc) is 3.15. The van der Waals surface area contributed by atoms with Crippen LogP contribution in [0, 0.1) is 5.92 Å². The Kier molecular flexibility index (Phi) is 6.43. The van der Waals surface area contributed by atoms with Gasteiger partial charge in [-0.15, -0.1) is 0 Å². The maximum Gasteiger partial charge on any atom is 0.328 e. The number of nitrogens with zero attached hydrogens (tertiary/aromatic N) is 1. The predicted molar refractivity (Wildman–Crippen MR) is 130 cm³/mol. The molecule has 0 saturated heterocycles. The lowest BCUT2D eigenvalue weighted by Crippen LogP contribution is -2.45. The molecule has 0 saturated carbocycles. The zero-order valence-electron chi connectivity index (χ0n) is 19.2. The normalized spacial score (nSPS) is 14.1. The number of amides is 1. The number of benzene rings is 3. The summed E-state index contributed by atoms with van der Waals surface area (Å²) >= 11 is 0. The number of nitrogens with one attached hydrogen (secondary N) is 1. The lowest BCUT2D eigenvalue weighted by atomic mass is 10.0. The Bertz CT molecular complexity index is 1320. The molecular formula is C26H26N2O5S. The van der Waals surface area contributed by atoms with E-state index in [9.17, 15) is 18.0 Å². The van der Waals surface area contributed by atoms with Crippen molar-refractivity contribution in [3.05, 3.63) is 83.9 Å². The van der Waals surface area contributed by atoms with E-state index in [0.29, 0.717) is 17.8 Å². The van der Waals surface area contributed by atoms with Crippen LogP contribution in [-0.2, 0) is 26.1 Å². The molecule has 1 aliphatic heterocycles. The van der Waals surface area contributed by atoms with Crippen LogP contribution >= 0.6 is 0 Å². The van der Waals surface area contributed by atoms with E-state index in [0.717, 1.165) is 16.7 Å². The third kappa shape index (κ3) is 4.54. The van der Waals surface area contributed by atoms with Gasteiger partial charge >= 0.3 is 5.97 Å². The van der Waals surface area contributed by atoms with Crippen LogP contribution in [0.1, 0.15) is 29.8 Å². The van der Waals surface area contributed by atoms with Crippen molar-refractivity contribution in [3.8, 4) is 11.1 Å². The fourth-order valence-corrected chi connectivity index (χ4v) is 5.23. The van der Waals surface area contributed by atoms with E-state index in [1.165, 1.54) is 19.2 Å². The molecular weight excluding hydrogens is 452 g/mol. The minimum atomic E-state index is -3.67. The molecule has 1 heterocycles. The number of rotatable bonds is 7. The molecule has 0 aromatic heterocycles. The Morgan fingerprint density at radius 1 is 0.971 bits per heavy atom. The van der Waals surface area contributed by atoms with Crippen LogP contribution in [0.4, 0.5) is 5.69 Å². The zero-order valence-corrected chi connectivity index (χ0v) is 20.0. The van der Waals surface area contributed by atoms with Gasteiger partial charge in [-0.05, 0) is 52.9 Å². The third-order valence-electron chi connectivity index (χ3n) is 5.88. The largest absolute Gasteiger partial charge is 0.467 e. The molecule has 7 nitrogen and oxygen atoms in total. The highest BCUT2D eigenvalue weighted by atomic mass is 32.2. The quantitative estimate of drug-likeness (QED) is 0.511. The lowest BCUT2D eigenvalue weighted by molar-refractivity contribution is -0.147. The van der Waals surface area contributed by atoms with Gasteiger partial charge in [0, 0.05) is 17.8 Å². The summed E-state index contributed by atoms with van der Waals surface area (Å²) in [5, 5.41) is 0. The fraction of sp³-hybridized carbons (Fsp3) is 0.231. The summed E-state index contributed by atoms with van der Waals surface area (Å²) in [6, 6.07) is 20.1. The summed E-state index contributed by atoms with van der Waals surface area (Å²) in [6.07, 6.45) is 0. The standard InChI is InChI=1S/C26H26N2O5S/c1-17(2)24(26(30)33-3)28-16-20-10-9-19(15-23(20)25(28)29)18-11-13-21(14-12-18)27-34(31,32)22-7-5-4-6-8-22/h4-15,17,24,27H,16H2,1-3H3. The Labute approximate surface area is 199 Å². The van der Waals surface area contributed by atoms with E-state index in [4.69, 9.17) is 4.74 Å². The molecule has 0 radical (unpaired) electrons. The summed E-state index contributed by atoms with van der Waals surface area (Å²) < 4.78 is 32.6. The van der Waals surface area contributed by atoms with E-state index in [-0.39, 0.29) is 16.7 Å². The molecule has 3 aromatic rings. The topological polar surface area (TPSA) is 92.8 Å². The van der Waals surface area contributed by atoms with Crippen LogP contribution in [0.5, 0.6) is 0 Å². The second-order valence-corrected chi connectivity index (χ2v) is 10.2. The number of sulfonamides is 1. The highest BCUT2D eigenvalue weighted by molar-refractivity contribution is 7.92. The molecule has 1 unspecified atom stereocenters. The summed E-state index contributed by atoms with van der Waals surface area (Å²) in [7, 11) is -2.35. The van der Waals surface area contributed by atoms with E-state index in [2.05, 4.69) is 4.72 Å². The number of carbonyl (C=O) groups excluding carboxylic acids is 2. The first-order valence-corrected chi connectivity index (χ1v) is 12.4. The molecule has 0 aliphatic carbocycles. The lowest BCUT2D eigenvalue weighted by Gasteiger charge is -2.28. The maximum absolute atomic E-state index is 13.1. The molecule has 8 heteroatoms. The smallest absolute Gasteiger partial charge is 0.328 e. The van der Waals surface area contributed by atoms with Gasteiger partial charge in [0.05, 0.1) is 12.0 Å². The van der Waals surface area contributed by atoms with Crippen LogP contribution < -0.4 is 4.72 Å². The van der Waals surface area contributed by atoms with E-state index in [1.54, 1.807) is 47.4 Å². The molecule has 4 rings (SSSR count). The van der Waals surface area contributed by atoms with Gasteiger partial charge in [-0.1, -0.05) is 56.3 Å². The molecule has 1 amide bonds. The molecule has 3 aromatic carbocycles. The van der Waals surface area contributed by atoms with Crippen molar-refractivity contribution in [1.29, 1.82) is 0 Å². The second-order valence-electron chi connectivity index (χ2n) is 8.51. The number of esters is 1. The van der Waals surface area contributed by atoms with E-state index < -0.39 is 22.0 Å². The Morgan fingerprint density at radius 3 is 2.24 bits per heavy atom. The molecule has 0 fully saturated rings. The number of anilines is 1. The molecule has 34 heavy (non-hydrogen) atoms. The third-order valence-corrected chi connectivity index (χ3v) is 7.27. The number of hydrogen-bond donors (Lipinski definition) is 1. The maximum atomic E-state index is 13.1. The first-order valence-electron chi connectivity index (χ1n) is 10.9. The van der Waals surface area contributed by atoms with E-state index in [1.807, 2.05) is 32.0 Å². The monoisotopic (exact) mass is 478 g/mol. The predicted octanol–water partition coefficient (Wildman–Crippen LogP) is 4.31. The van der Waals surface area contributed by atoms with Gasteiger partial charge in [-0.3, -0.25) is 9.52 Å². The van der Waals surface area contributed by atoms with Crippen molar-refractivity contribution in [2.75, 3.05) is 11.8 Å². The number of carbonyl (C=O) groups is 2. The van der Waals surface area contributed by atoms with Gasteiger partial charge in [-0.2, -0.15) is 0 Å². The van der Waals surface area contributed by atoms with Gasteiger partial charge in [-0.25, -0.2) is 13.2 Å². The summed E-state index contributed by atoms with van der Waals surface area (Å²) in [4.78, 5) is 27.2. The molecule has 176 valence electrons. The van der Waals surface area contributed by atoms with Crippen molar-refractivity contribution in [2.24, 2.45) is 5.92 Å². The van der Waals surface area contributed by atoms with Gasteiger partial charge < -0.3 is 9.64 Å². The Hall–Kier alpha value is -3.65. The number of ether oxygens (including phenoxy) is 1. The molecule has 1 atom stereocenters. The van der Waals surface area contributed by atoms with Gasteiger partial charge in [0.1, 0.15) is 6.04 Å². The van der Waals surface area contributed by atoms with Gasteiger partial charge in [0.2, 0.25) is 0 Å². The zero-order chi connectivity index (χ0) is 24.5. The summed E-state index contributed by atoms with van der Waals surface area (Å²) in [5.41, 5.74) is 3.51. The average molecular weight is 479 g/mol. The first-order chi connectivity index (χ1) is 16.2. The van der Waals surface area contributed by atoms with Crippen LogP contribution in [0.25, 0.3) is 11.1 Å². The van der Waals surface area contributed by atoms with Crippen LogP contribution in [0.2, 0.25) is 0 Å². The van der Waals surface area contributed by atoms with Crippen LogP contribution in [0.15, 0.2) is 77.7 Å². The molecule has 0 bridgehead atoms. The number of hydrogen-bond acceptors (Lipinski definition) is 5. The number of methoxy groups -OCH3 is 1. The SMILES string of the molecule is COC(=O)C(C(C)C)N1Cc2ccc(-c3ccc(NS(=O)(=O)c4ccccc4)cc3)cc2C1=O. The van der Waals surface area contributed by atoms with Crippen molar-refractivity contribution in [2.45, 2.75) is 31.3 Å². The summed E-state index contributed by atoms with van der Waals surface area (Å²) in [5.74, 6) is -0.712. The van der Waals surface area contributed by atoms with Gasteiger partial charge in [0.15, 0.2) is 0 Å². The minimum Gasteiger partial charge on any atom is -0.467 e. The van der Waals surface area contributed by atoms with E-state index >= 15 is 0 Å². The van der Waals surface area contributed by atoms with Crippen LogP contribution in [0.3, 0.4) is 0 Å².